The molecule has 0 bridgehead atoms. The molecule has 174 valence electrons. The summed E-state index contributed by atoms with van der Waals surface area (Å²) in [6, 6.07) is 8.71. The second kappa shape index (κ2) is 11.1. The molecular formula is C25H29ClFN5O. The molecule has 1 fully saturated rings. The number of rotatable bonds is 4. The third kappa shape index (κ3) is 5.79. The Bertz CT molecular complexity index is 1130. The molecule has 0 spiro atoms. The van der Waals surface area contributed by atoms with Crippen molar-refractivity contribution >= 4 is 40.0 Å². The molecule has 1 saturated heterocycles. The van der Waals surface area contributed by atoms with E-state index in [4.69, 9.17) is 11.6 Å². The summed E-state index contributed by atoms with van der Waals surface area (Å²) in [4.78, 5) is 22.5. The van der Waals surface area contributed by atoms with E-state index >= 15 is 0 Å². The molecule has 33 heavy (non-hydrogen) atoms. The minimum Gasteiger partial charge on any atom is -0.341 e. The van der Waals surface area contributed by atoms with E-state index in [0.717, 1.165) is 43.3 Å². The zero-order chi connectivity index (χ0) is 24.0. The Hall–Kier alpha value is -3.19. The van der Waals surface area contributed by atoms with Gasteiger partial charge in [-0.15, -0.1) is 13.2 Å². The lowest BCUT2D eigenvalue weighted by Gasteiger charge is -2.32. The fourth-order valence-corrected chi connectivity index (χ4v) is 4.27. The van der Waals surface area contributed by atoms with Crippen molar-refractivity contribution in [3.05, 3.63) is 71.8 Å². The normalized spacial score (nSPS) is 13.9. The molecular weight excluding hydrogens is 441 g/mol. The molecule has 1 aliphatic heterocycles. The number of aryl methyl sites for hydroxylation is 1. The Balaban J connectivity index is 0.00000149. The molecule has 3 aromatic rings. The zero-order valence-electron chi connectivity index (χ0n) is 19.0. The molecule has 2 amide bonds. The van der Waals surface area contributed by atoms with E-state index in [0.29, 0.717) is 17.4 Å². The van der Waals surface area contributed by atoms with Crippen molar-refractivity contribution in [1.82, 2.24) is 20.2 Å². The number of benzene rings is 2. The van der Waals surface area contributed by atoms with Gasteiger partial charge in [0.15, 0.2) is 0 Å². The predicted octanol–water partition coefficient (Wildman–Crippen LogP) is 5.87. The topological polar surface area (TPSA) is 70.2 Å². The van der Waals surface area contributed by atoms with Gasteiger partial charge in [0, 0.05) is 31.2 Å². The number of hydrogen-bond acceptors (Lipinski definition) is 4. The van der Waals surface area contributed by atoms with Gasteiger partial charge in [-0.3, -0.25) is 0 Å². The Morgan fingerprint density at radius 1 is 1.21 bits per heavy atom. The van der Waals surface area contributed by atoms with E-state index in [2.05, 4.69) is 52.8 Å². The number of anilines is 2. The lowest BCUT2D eigenvalue weighted by atomic mass is 9.88. The molecule has 6 nitrogen and oxygen atoms in total. The number of aromatic nitrogens is 2. The molecule has 0 saturated carbocycles. The van der Waals surface area contributed by atoms with Crippen LogP contribution in [0.3, 0.4) is 0 Å². The Kier molecular flexibility index (Phi) is 8.22. The average Bonchev–Trinajstić information content (AvgIpc) is 2.83. The lowest BCUT2D eigenvalue weighted by molar-refractivity contribution is 0.172. The van der Waals surface area contributed by atoms with Gasteiger partial charge in [0.2, 0.25) is 0 Å². The van der Waals surface area contributed by atoms with Gasteiger partial charge in [0.25, 0.3) is 0 Å². The Labute approximate surface area is 198 Å². The Morgan fingerprint density at radius 3 is 2.61 bits per heavy atom. The first-order valence-electron chi connectivity index (χ1n) is 10.9. The smallest absolute Gasteiger partial charge is 0.317 e. The van der Waals surface area contributed by atoms with Gasteiger partial charge in [0.05, 0.1) is 10.5 Å². The monoisotopic (exact) mass is 469 g/mol. The maximum Gasteiger partial charge on any atom is 0.317 e. The molecule has 1 aromatic heterocycles. The van der Waals surface area contributed by atoms with Crippen molar-refractivity contribution in [3.8, 4) is 0 Å². The van der Waals surface area contributed by atoms with Crippen LogP contribution in [0.5, 0.6) is 0 Å². The fraction of sp³-hybridized carbons (Fsp3) is 0.320. The minimum atomic E-state index is -0.458. The first-order chi connectivity index (χ1) is 15.9. The number of carbonyl (C=O) groups excluding carboxylic acids is 1. The molecule has 8 heteroatoms. The van der Waals surface area contributed by atoms with E-state index < -0.39 is 5.82 Å². The number of amides is 2. The van der Waals surface area contributed by atoms with Gasteiger partial charge in [-0.25, -0.2) is 19.2 Å². The van der Waals surface area contributed by atoms with E-state index in [1.54, 1.807) is 19.2 Å². The van der Waals surface area contributed by atoms with Crippen LogP contribution < -0.4 is 10.6 Å². The van der Waals surface area contributed by atoms with Crippen molar-refractivity contribution < 1.29 is 9.18 Å². The third-order valence-corrected chi connectivity index (χ3v) is 6.19. The second-order valence-electron chi connectivity index (χ2n) is 7.96. The third-order valence-electron chi connectivity index (χ3n) is 5.90. The summed E-state index contributed by atoms with van der Waals surface area (Å²) in [6.07, 6.45) is 4.42. The van der Waals surface area contributed by atoms with E-state index in [-0.39, 0.29) is 11.1 Å². The summed E-state index contributed by atoms with van der Waals surface area (Å²) < 4.78 is 13.5. The van der Waals surface area contributed by atoms with Gasteiger partial charge in [-0.2, -0.15) is 0 Å². The minimum absolute atomic E-state index is 0.00547. The highest BCUT2D eigenvalue weighted by Gasteiger charge is 2.23. The molecule has 0 unspecified atom stereocenters. The van der Waals surface area contributed by atoms with Crippen molar-refractivity contribution in [2.45, 2.75) is 26.2 Å². The highest BCUT2D eigenvalue weighted by Crippen LogP contribution is 2.30. The highest BCUT2D eigenvalue weighted by atomic mass is 35.5. The number of nitrogens with zero attached hydrogens (tertiary/aromatic N) is 3. The van der Waals surface area contributed by atoms with Crippen LogP contribution in [0.25, 0.3) is 10.9 Å². The summed E-state index contributed by atoms with van der Waals surface area (Å²) in [6.45, 7) is 9.65. The standard InChI is InChI=1S/C23H25ClFN5O.C2H4/c1-14-9-21-18(11-16(14)10-15-5-7-30(8-6-15)23(31)26-2)22(28-13-27-21)29-17-3-4-20(25)19(24)12-17;1-2/h3-4,9,11-13,15H,5-8,10H2,1-2H3,(H,26,31)(H,27,28,29);1-2H2. The first kappa shape index (κ1) is 24.5. The van der Waals surface area contributed by atoms with Crippen LogP contribution in [0, 0.1) is 18.7 Å². The van der Waals surface area contributed by atoms with Gasteiger partial charge in [-0.1, -0.05) is 11.6 Å². The van der Waals surface area contributed by atoms with Crippen LogP contribution in [0.15, 0.2) is 49.8 Å². The van der Waals surface area contributed by atoms with Crippen LogP contribution in [0.4, 0.5) is 20.7 Å². The number of piperidine rings is 1. The zero-order valence-corrected chi connectivity index (χ0v) is 19.8. The van der Waals surface area contributed by atoms with E-state index in [9.17, 15) is 9.18 Å². The van der Waals surface area contributed by atoms with Gasteiger partial charge >= 0.3 is 6.03 Å². The van der Waals surface area contributed by atoms with Crippen LogP contribution in [0.2, 0.25) is 5.02 Å². The molecule has 0 aliphatic carbocycles. The van der Waals surface area contributed by atoms with E-state index in [1.165, 1.54) is 23.5 Å². The molecule has 0 atom stereocenters. The molecule has 0 radical (unpaired) electrons. The molecule has 1 aliphatic rings. The number of nitrogens with one attached hydrogen (secondary N) is 2. The average molecular weight is 470 g/mol. The highest BCUT2D eigenvalue weighted by molar-refractivity contribution is 6.31. The number of fused-ring (bicyclic) bond motifs is 1. The molecule has 4 rings (SSSR count). The number of halogens is 2. The molecule has 2 heterocycles. The maximum atomic E-state index is 13.5. The Morgan fingerprint density at radius 2 is 1.94 bits per heavy atom. The second-order valence-corrected chi connectivity index (χ2v) is 8.37. The van der Waals surface area contributed by atoms with E-state index in [1.807, 2.05) is 4.90 Å². The number of likely N-dealkylation sites (tertiary alicyclic amines) is 1. The van der Waals surface area contributed by atoms with Crippen LogP contribution in [-0.2, 0) is 6.42 Å². The number of hydrogen-bond donors (Lipinski definition) is 2. The quantitative estimate of drug-likeness (QED) is 0.469. The SMILES string of the molecule is C=C.CNC(=O)N1CCC(Cc2cc3c(Nc4ccc(F)c(Cl)c4)ncnc3cc2C)CC1. The van der Waals surface area contributed by atoms with Crippen LogP contribution in [-0.4, -0.2) is 41.0 Å². The summed E-state index contributed by atoms with van der Waals surface area (Å²) in [5.41, 5.74) is 3.95. The summed E-state index contributed by atoms with van der Waals surface area (Å²) in [5, 5.41) is 6.90. The van der Waals surface area contributed by atoms with Crippen LogP contribution >= 0.6 is 11.6 Å². The molecule has 2 N–H and O–H groups in total. The van der Waals surface area contributed by atoms with Crippen molar-refractivity contribution in [2.75, 3.05) is 25.5 Å². The van der Waals surface area contributed by atoms with Gasteiger partial charge in [-0.05, 0) is 73.6 Å². The summed E-state index contributed by atoms with van der Waals surface area (Å²) in [5.74, 6) is 0.720. The lowest BCUT2D eigenvalue weighted by Crippen LogP contribution is -2.43. The fourth-order valence-electron chi connectivity index (χ4n) is 4.09. The van der Waals surface area contributed by atoms with Crippen molar-refractivity contribution in [3.63, 3.8) is 0 Å². The van der Waals surface area contributed by atoms with Gasteiger partial charge < -0.3 is 15.5 Å². The predicted molar refractivity (Wildman–Crippen MR) is 133 cm³/mol. The number of carbonyl (C=O) groups is 1. The largest absolute Gasteiger partial charge is 0.341 e. The number of urea groups is 1. The van der Waals surface area contributed by atoms with Crippen molar-refractivity contribution in [1.29, 1.82) is 0 Å². The van der Waals surface area contributed by atoms with Crippen molar-refractivity contribution in [2.24, 2.45) is 5.92 Å². The first-order valence-corrected chi connectivity index (χ1v) is 11.3. The maximum absolute atomic E-state index is 13.5. The summed E-state index contributed by atoms with van der Waals surface area (Å²) in [7, 11) is 1.67. The van der Waals surface area contributed by atoms with Crippen LogP contribution in [0.1, 0.15) is 24.0 Å². The van der Waals surface area contributed by atoms with Gasteiger partial charge in [0.1, 0.15) is 18.0 Å². The summed E-state index contributed by atoms with van der Waals surface area (Å²) >= 11 is 5.92. The molecule has 2 aromatic carbocycles.